The van der Waals surface area contributed by atoms with Crippen LogP contribution in [0.4, 0.5) is 0 Å². The number of fused-ring (bicyclic) bond motifs is 1. The fourth-order valence-electron chi connectivity index (χ4n) is 1.23. The molecule has 0 unspecified atom stereocenters. The van der Waals surface area contributed by atoms with Crippen molar-refractivity contribution in [2.75, 3.05) is 5.75 Å². The molecule has 0 spiro atoms. The van der Waals surface area contributed by atoms with E-state index >= 15 is 0 Å². The van der Waals surface area contributed by atoms with Crippen molar-refractivity contribution in [1.82, 2.24) is 14.6 Å². The quantitative estimate of drug-likeness (QED) is 0.752. The van der Waals surface area contributed by atoms with E-state index in [-0.39, 0.29) is 5.75 Å². The van der Waals surface area contributed by atoms with Crippen molar-refractivity contribution in [2.45, 2.75) is 6.42 Å². The summed E-state index contributed by atoms with van der Waals surface area (Å²) in [6.07, 6.45) is 3.70. The van der Waals surface area contributed by atoms with E-state index in [1.165, 1.54) is 0 Å². The Labute approximate surface area is 91.1 Å². The van der Waals surface area contributed by atoms with E-state index in [1.54, 1.807) is 29.0 Å². The molecule has 2 rings (SSSR count). The Hall–Kier alpha value is -1.14. The molecule has 0 atom stereocenters. The average molecular weight is 246 g/mol. The molecular formula is C8H8ClN3O2S. The van der Waals surface area contributed by atoms with Crippen LogP contribution in [0.25, 0.3) is 5.65 Å². The van der Waals surface area contributed by atoms with Crippen LogP contribution < -0.4 is 0 Å². The lowest BCUT2D eigenvalue weighted by molar-refractivity contribution is 0.608. The predicted molar refractivity (Wildman–Crippen MR) is 56.3 cm³/mol. The van der Waals surface area contributed by atoms with Crippen molar-refractivity contribution in [1.29, 1.82) is 0 Å². The van der Waals surface area contributed by atoms with Gasteiger partial charge in [0.25, 0.3) is 0 Å². The number of hydrogen-bond donors (Lipinski definition) is 0. The third kappa shape index (κ3) is 2.66. The molecule has 0 N–H and O–H groups in total. The lowest BCUT2D eigenvalue weighted by Crippen LogP contribution is -2.01. The van der Waals surface area contributed by atoms with Gasteiger partial charge in [-0.15, -0.1) is 0 Å². The molecule has 2 heterocycles. The van der Waals surface area contributed by atoms with E-state index in [0.29, 0.717) is 17.8 Å². The number of nitrogens with zero attached hydrogens (tertiary/aromatic N) is 3. The van der Waals surface area contributed by atoms with Gasteiger partial charge in [0.1, 0.15) is 0 Å². The van der Waals surface area contributed by atoms with Gasteiger partial charge in [0.2, 0.25) is 9.05 Å². The third-order valence-electron chi connectivity index (χ3n) is 1.89. The van der Waals surface area contributed by atoms with Crippen LogP contribution in [0.1, 0.15) is 5.69 Å². The average Bonchev–Trinajstić information content (AvgIpc) is 2.56. The summed E-state index contributed by atoms with van der Waals surface area (Å²) in [7, 11) is 1.65. The first-order chi connectivity index (χ1) is 7.04. The summed E-state index contributed by atoms with van der Waals surface area (Å²) in [5.74, 6) is -0.113. The van der Waals surface area contributed by atoms with Crippen LogP contribution in [0.2, 0.25) is 0 Å². The summed E-state index contributed by atoms with van der Waals surface area (Å²) in [4.78, 5) is 4.06. The van der Waals surface area contributed by atoms with Gasteiger partial charge in [0, 0.05) is 35.6 Å². The fourth-order valence-corrected chi connectivity index (χ4v) is 1.91. The Kier molecular flexibility index (Phi) is 2.62. The molecular weight excluding hydrogens is 238 g/mol. The molecule has 0 radical (unpaired) electrons. The molecule has 15 heavy (non-hydrogen) atoms. The van der Waals surface area contributed by atoms with Crippen molar-refractivity contribution in [3.8, 4) is 0 Å². The zero-order valence-electron chi connectivity index (χ0n) is 7.67. The van der Waals surface area contributed by atoms with Crippen LogP contribution in [-0.2, 0) is 15.5 Å². The minimum Gasteiger partial charge on any atom is -0.237 e. The Bertz CT molecular complexity index is 545. The van der Waals surface area contributed by atoms with Crippen LogP contribution in [0.15, 0.2) is 24.5 Å². The highest BCUT2D eigenvalue weighted by atomic mass is 35.7. The standard InChI is InChI=1S/C8H8ClN3O2S/c9-15(13,14)5-2-7-6-8-10-3-1-4-12(8)11-7/h1,3-4,6H,2,5H2. The fraction of sp³-hybridized carbons (Fsp3) is 0.250. The van der Waals surface area contributed by atoms with Crippen molar-refractivity contribution in [3.05, 3.63) is 30.2 Å². The number of hydrogen-bond acceptors (Lipinski definition) is 4. The molecule has 0 aliphatic heterocycles. The summed E-state index contributed by atoms with van der Waals surface area (Å²) < 4.78 is 23.1. The summed E-state index contributed by atoms with van der Waals surface area (Å²) in [5, 5.41) is 4.15. The van der Waals surface area contributed by atoms with Gasteiger partial charge in [0.05, 0.1) is 11.4 Å². The van der Waals surface area contributed by atoms with Crippen LogP contribution in [0.5, 0.6) is 0 Å². The number of aromatic nitrogens is 3. The Morgan fingerprint density at radius 3 is 2.93 bits per heavy atom. The van der Waals surface area contributed by atoms with Crippen LogP contribution >= 0.6 is 10.7 Å². The molecule has 2 aromatic rings. The summed E-state index contributed by atoms with van der Waals surface area (Å²) in [6.45, 7) is 0. The van der Waals surface area contributed by atoms with E-state index in [9.17, 15) is 8.42 Å². The Morgan fingerprint density at radius 2 is 2.27 bits per heavy atom. The van der Waals surface area contributed by atoms with Crippen LogP contribution in [0.3, 0.4) is 0 Å². The van der Waals surface area contributed by atoms with E-state index in [4.69, 9.17) is 10.7 Å². The van der Waals surface area contributed by atoms with Gasteiger partial charge in [-0.1, -0.05) is 0 Å². The Balaban J connectivity index is 2.23. The van der Waals surface area contributed by atoms with Crippen LogP contribution in [-0.4, -0.2) is 28.8 Å². The topological polar surface area (TPSA) is 64.3 Å². The summed E-state index contributed by atoms with van der Waals surface area (Å²) in [5.41, 5.74) is 1.36. The first kappa shape index (κ1) is 10.4. The highest BCUT2D eigenvalue weighted by Gasteiger charge is 2.08. The zero-order valence-corrected chi connectivity index (χ0v) is 9.24. The lowest BCUT2D eigenvalue weighted by atomic mass is 10.3. The second-order valence-corrected chi connectivity index (χ2v) is 5.95. The first-order valence-corrected chi connectivity index (χ1v) is 6.74. The van der Waals surface area contributed by atoms with E-state index in [1.807, 2.05) is 0 Å². The molecule has 0 fully saturated rings. The van der Waals surface area contributed by atoms with Gasteiger partial charge in [-0.3, -0.25) is 0 Å². The maximum Gasteiger partial charge on any atom is 0.232 e. The molecule has 0 aliphatic carbocycles. The minimum atomic E-state index is -3.46. The molecule has 0 aliphatic rings. The van der Waals surface area contributed by atoms with Crippen LogP contribution in [0, 0.1) is 0 Å². The van der Waals surface area contributed by atoms with Gasteiger partial charge in [-0.05, 0) is 6.07 Å². The van der Waals surface area contributed by atoms with Gasteiger partial charge in [-0.25, -0.2) is 17.9 Å². The van der Waals surface area contributed by atoms with E-state index in [2.05, 4.69) is 10.1 Å². The number of halogens is 1. The third-order valence-corrected chi connectivity index (χ3v) is 3.04. The monoisotopic (exact) mass is 245 g/mol. The highest BCUT2D eigenvalue weighted by molar-refractivity contribution is 8.13. The van der Waals surface area contributed by atoms with Crippen molar-refractivity contribution >= 4 is 25.4 Å². The second kappa shape index (κ2) is 3.79. The molecule has 0 aromatic carbocycles. The molecule has 0 bridgehead atoms. The van der Waals surface area contributed by atoms with Crippen molar-refractivity contribution in [3.63, 3.8) is 0 Å². The normalized spacial score (nSPS) is 12.1. The van der Waals surface area contributed by atoms with E-state index in [0.717, 1.165) is 0 Å². The maximum atomic E-state index is 10.7. The number of rotatable bonds is 3. The molecule has 5 nitrogen and oxygen atoms in total. The molecule has 0 amide bonds. The molecule has 0 saturated carbocycles. The maximum absolute atomic E-state index is 10.7. The molecule has 0 saturated heterocycles. The SMILES string of the molecule is O=S(=O)(Cl)CCc1cc2ncccn2n1. The van der Waals surface area contributed by atoms with Gasteiger partial charge in [-0.2, -0.15) is 5.10 Å². The second-order valence-electron chi connectivity index (χ2n) is 3.05. The highest BCUT2D eigenvalue weighted by Crippen LogP contribution is 2.06. The molecule has 80 valence electrons. The minimum absolute atomic E-state index is 0.113. The summed E-state index contributed by atoms with van der Waals surface area (Å²) in [6, 6.07) is 3.49. The first-order valence-electron chi connectivity index (χ1n) is 4.26. The summed E-state index contributed by atoms with van der Waals surface area (Å²) >= 11 is 0. The number of aryl methyl sites for hydroxylation is 1. The smallest absolute Gasteiger partial charge is 0.232 e. The van der Waals surface area contributed by atoms with Gasteiger partial charge in [0.15, 0.2) is 5.65 Å². The zero-order chi connectivity index (χ0) is 10.9. The van der Waals surface area contributed by atoms with Crippen molar-refractivity contribution < 1.29 is 8.42 Å². The van der Waals surface area contributed by atoms with Gasteiger partial charge >= 0.3 is 0 Å². The predicted octanol–water partition coefficient (Wildman–Crippen LogP) is 0.840. The lowest BCUT2D eigenvalue weighted by Gasteiger charge is -1.91. The molecule has 7 heteroatoms. The van der Waals surface area contributed by atoms with E-state index < -0.39 is 9.05 Å². The van der Waals surface area contributed by atoms with Gasteiger partial charge < -0.3 is 0 Å². The molecule has 2 aromatic heterocycles. The Morgan fingerprint density at radius 1 is 1.47 bits per heavy atom. The largest absolute Gasteiger partial charge is 0.237 e. The van der Waals surface area contributed by atoms with Crippen molar-refractivity contribution in [2.24, 2.45) is 0 Å².